The topological polar surface area (TPSA) is 42.0 Å². The maximum Gasteiger partial charge on any atom is 0.248 e. The van der Waals surface area contributed by atoms with Crippen molar-refractivity contribution in [1.29, 1.82) is 0 Å². The van der Waals surface area contributed by atoms with Crippen LogP contribution in [0.2, 0.25) is 0 Å². The highest BCUT2D eigenvalue weighted by molar-refractivity contribution is 8.76. The minimum Gasteiger partial charge on any atom is -0.307 e. The molecule has 0 bridgehead atoms. The Balaban J connectivity index is 0.000000423. The van der Waals surface area contributed by atoms with Crippen LogP contribution in [0.15, 0.2) is 37.1 Å². The van der Waals surface area contributed by atoms with Crippen LogP contribution in [0.1, 0.15) is 0 Å². The van der Waals surface area contributed by atoms with Gasteiger partial charge in [0.1, 0.15) is 5.82 Å². The highest BCUT2D eigenvalue weighted by atomic mass is 33.1. The van der Waals surface area contributed by atoms with Gasteiger partial charge in [-0.05, 0) is 30.7 Å². The van der Waals surface area contributed by atoms with E-state index >= 15 is 0 Å². The van der Waals surface area contributed by atoms with Crippen LogP contribution in [0.4, 0.5) is 5.82 Å². The molecular weight excluding hydrogens is 228 g/mol. The van der Waals surface area contributed by atoms with Crippen molar-refractivity contribution in [2.45, 2.75) is 0 Å². The fraction of sp³-hybridized carbons (Fsp3) is 0.200. The highest BCUT2D eigenvalue weighted by Crippen LogP contribution is 2.09. The Kier molecular flexibility index (Phi) is 9.01. The number of nitrogens with one attached hydrogen (secondary N) is 1. The van der Waals surface area contributed by atoms with E-state index in [-0.39, 0.29) is 5.91 Å². The van der Waals surface area contributed by atoms with Gasteiger partial charge in [0.2, 0.25) is 5.91 Å². The lowest BCUT2D eigenvalue weighted by Gasteiger charge is -1.97. The molecule has 0 aromatic carbocycles. The van der Waals surface area contributed by atoms with Crippen molar-refractivity contribution in [1.82, 2.24) is 4.98 Å². The van der Waals surface area contributed by atoms with Gasteiger partial charge in [-0.3, -0.25) is 4.79 Å². The maximum atomic E-state index is 10.7. The quantitative estimate of drug-likeness (QED) is 0.654. The fourth-order valence-electron chi connectivity index (χ4n) is 0.614. The molecule has 0 atom stereocenters. The molecule has 0 saturated carbocycles. The summed E-state index contributed by atoms with van der Waals surface area (Å²) in [5, 5.41) is 2.52. The number of carbonyl (C=O) groups excluding carboxylic acids is 1. The van der Waals surface area contributed by atoms with E-state index in [9.17, 15) is 4.79 Å². The molecule has 0 radical (unpaired) electrons. The summed E-state index contributed by atoms with van der Waals surface area (Å²) >= 11 is 0. The molecule has 1 heterocycles. The zero-order valence-electron chi connectivity index (χ0n) is 8.77. The van der Waals surface area contributed by atoms with Gasteiger partial charge >= 0.3 is 0 Å². The van der Waals surface area contributed by atoms with E-state index in [0.29, 0.717) is 5.82 Å². The van der Waals surface area contributed by atoms with Gasteiger partial charge in [0.25, 0.3) is 0 Å². The van der Waals surface area contributed by atoms with Gasteiger partial charge in [-0.25, -0.2) is 4.98 Å². The van der Waals surface area contributed by atoms with Crippen LogP contribution in [-0.4, -0.2) is 23.4 Å². The molecular formula is C10H14N2OS2. The molecule has 5 heteroatoms. The molecule has 15 heavy (non-hydrogen) atoms. The molecule has 1 aromatic rings. The predicted octanol–water partition coefficient (Wildman–Crippen LogP) is 2.83. The number of aromatic nitrogens is 1. The SMILES string of the molecule is C=CC(=O)Nc1ccccn1.CSSC. The first kappa shape index (κ1) is 14.1. The van der Waals surface area contributed by atoms with Gasteiger partial charge in [0, 0.05) is 6.20 Å². The first-order chi connectivity index (χ1) is 7.24. The lowest BCUT2D eigenvalue weighted by molar-refractivity contribution is -0.111. The third kappa shape index (κ3) is 8.08. The summed E-state index contributed by atoms with van der Waals surface area (Å²) in [5.41, 5.74) is 0. The van der Waals surface area contributed by atoms with E-state index in [1.54, 1.807) is 46.0 Å². The highest BCUT2D eigenvalue weighted by Gasteiger charge is 1.94. The molecule has 0 fully saturated rings. The Hall–Kier alpha value is -0.940. The molecule has 0 aliphatic rings. The number of pyridine rings is 1. The molecule has 1 N–H and O–H groups in total. The molecule has 0 unspecified atom stereocenters. The minimum absolute atomic E-state index is 0.247. The van der Waals surface area contributed by atoms with Crippen LogP contribution in [0.3, 0.4) is 0 Å². The zero-order valence-corrected chi connectivity index (χ0v) is 10.4. The molecule has 3 nitrogen and oxygen atoms in total. The van der Waals surface area contributed by atoms with Crippen molar-refractivity contribution in [3.8, 4) is 0 Å². The fourth-order valence-corrected chi connectivity index (χ4v) is 0.614. The smallest absolute Gasteiger partial charge is 0.248 e. The predicted molar refractivity (Wildman–Crippen MR) is 70.1 cm³/mol. The van der Waals surface area contributed by atoms with Gasteiger partial charge < -0.3 is 5.32 Å². The normalized spacial score (nSPS) is 8.40. The van der Waals surface area contributed by atoms with Crippen LogP contribution in [0.5, 0.6) is 0 Å². The second-order valence-corrected chi connectivity index (χ2v) is 4.91. The molecule has 0 aliphatic heterocycles. The average molecular weight is 242 g/mol. The van der Waals surface area contributed by atoms with E-state index in [1.807, 2.05) is 0 Å². The summed E-state index contributed by atoms with van der Waals surface area (Å²) in [4.78, 5) is 14.6. The molecule has 1 aromatic heterocycles. The largest absolute Gasteiger partial charge is 0.307 e. The number of anilines is 1. The van der Waals surface area contributed by atoms with E-state index < -0.39 is 0 Å². The van der Waals surface area contributed by atoms with Crippen molar-refractivity contribution in [2.24, 2.45) is 0 Å². The molecule has 0 aliphatic carbocycles. The summed E-state index contributed by atoms with van der Waals surface area (Å²) in [5.74, 6) is 0.293. The van der Waals surface area contributed by atoms with Crippen molar-refractivity contribution in [3.05, 3.63) is 37.1 Å². The van der Waals surface area contributed by atoms with Crippen molar-refractivity contribution in [3.63, 3.8) is 0 Å². The Bertz CT molecular complexity index is 289. The molecule has 1 rings (SSSR count). The number of amides is 1. The number of hydrogen-bond donors (Lipinski definition) is 1. The Morgan fingerprint density at radius 3 is 2.53 bits per heavy atom. The van der Waals surface area contributed by atoms with Crippen molar-refractivity contribution < 1.29 is 4.79 Å². The molecule has 82 valence electrons. The van der Waals surface area contributed by atoms with E-state index in [1.165, 1.54) is 6.08 Å². The van der Waals surface area contributed by atoms with E-state index in [2.05, 4.69) is 29.4 Å². The van der Waals surface area contributed by atoms with Gasteiger partial charge in [0.15, 0.2) is 0 Å². The van der Waals surface area contributed by atoms with Crippen LogP contribution in [0, 0.1) is 0 Å². The monoisotopic (exact) mass is 242 g/mol. The van der Waals surface area contributed by atoms with Crippen molar-refractivity contribution >= 4 is 33.3 Å². The van der Waals surface area contributed by atoms with Crippen LogP contribution in [-0.2, 0) is 4.79 Å². The first-order valence-electron chi connectivity index (χ1n) is 4.15. The van der Waals surface area contributed by atoms with Gasteiger partial charge in [-0.2, -0.15) is 0 Å². The second kappa shape index (κ2) is 9.61. The molecule has 1 amide bonds. The first-order valence-corrected chi connectivity index (χ1v) is 7.12. The third-order valence-corrected chi connectivity index (χ3v) is 2.60. The van der Waals surface area contributed by atoms with Crippen molar-refractivity contribution in [2.75, 3.05) is 17.8 Å². The second-order valence-electron chi connectivity index (χ2n) is 2.24. The van der Waals surface area contributed by atoms with Crippen LogP contribution < -0.4 is 5.32 Å². The zero-order chi connectivity index (χ0) is 11.5. The Morgan fingerprint density at radius 2 is 2.13 bits per heavy atom. The molecule has 0 spiro atoms. The summed E-state index contributed by atoms with van der Waals surface area (Å²) in [6.45, 7) is 3.32. The third-order valence-electron chi connectivity index (χ3n) is 1.27. The summed E-state index contributed by atoms with van der Waals surface area (Å²) in [6, 6.07) is 5.29. The summed E-state index contributed by atoms with van der Waals surface area (Å²) in [6.07, 6.45) is 6.93. The summed E-state index contributed by atoms with van der Waals surface area (Å²) < 4.78 is 0. The minimum atomic E-state index is -0.247. The number of hydrogen-bond acceptors (Lipinski definition) is 4. The number of rotatable bonds is 3. The lowest BCUT2D eigenvalue weighted by atomic mass is 10.4. The number of nitrogens with zero attached hydrogens (tertiary/aromatic N) is 1. The van der Waals surface area contributed by atoms with Crippen LogP contribution in [0.25, 0.3) is 0 Å². The molecule has 0 saturated heterocycles. The average Bonchev–Trinajstić information content (AvgIpc) is 2.30. The van der Waals surface area contributed by atoms with Gasteiger partial charge in [-0.15, -0.1) is 0 Å². The number of carbonyl (C=O) groups is 1. The summed E-state index contributed by atoms with van der Waals surface area (Å²) in [7, 11) is 3.55. The standard InChI is InChI=1S/C8H8N2O.C2H6S2/c1-2-8(11)10-7-5-3-4-6-9-7;1-3-4-2/h2-6H,1H2,(H,9,10,11);1-2H3. The van der Waals surface area contributed by atoms with Crippen LogP contribution >= 0.6 is 21.6 Å². The lowest BCUT2D eigenvalue weighted by Crippen LogP contribution is -2.08. The Labute approximate surface area is 98.1 Å². The van der Waals surface area contributed by atoms with E-state index in [4.69, 9.17) is 0 Å². The maximum absolute atomic E-state index is 10.7. The van der Waals surface area contributed by atoms with E-state index in [0.717, 1.165) is 0 Å². The van der Waals surface area contributed by atoms with Gasteiger partial charge in [0.05, 0.1) is 0 Å². The van der Waals surface area contributed by atoms with Gasteiger partial charge in [-0.1, -0.05) is 34.2 Å². The Morgan fingerprint density at radius 1 is 1.47 bits per heavy atom.